The number of likely N-dealkylation sites (N-methyl/N-ethyl adjacent to an activating group) is 1. The number of carbonyl (C=O) groups is 1. The van der Waals surface area contributed by atoms with Gasteiger partial charge in [0.25, 0.3) is 0 Å². The predicted octanol–water partition coefficient (Wildman–Crippen LogP) is 2.85. The molecule has 0 saturated heterocycles. The zero-order valence-corrected chi connectivity index (χ0v) is 34.7. The van der Waals surface area contributed by atoms with Crippen LogP contribution in [0.15, 0.2) is 88.3 Å². The van der Waals surface area contributed by atoms with Crippen molar-refractivity contribution in [2.24, 2.45) is 0 Å². The topological polar surface area (TPSA) is 150 Å². The molecule has 0 aromatic heterocycles. The summed E-state index contributed by atoms with van der Waals surface area (Å²) in [5, 5.41) is 3.22. The van der Waals surface area contributed by atoms with Crippen molar-refractivity contribution in [1.82, 2.24) is 0 Å². The maximum Gasteiger partial charge on any atom is 1.00 e. The molecule has 0 radical (unpaired) electrons. The van der Waals surface area contributed by atoms with Crippen LogP contribution in [0, 0.1) is 0 Å². The Balaban J connectivity index is 0.00000520. The van der Waals surface area contributed by atoms with Gasteiger partial charge in [-0.3, -0.25) is 4.79 Å². The smallest absolute Gasteiger partial charge is 0.744 e. The van der Waals surface area contributed by atoms with Crippen molar-refractivity contribution in [1.29, 1.82) is 0 Å². The Kier molecular flexibility index (Phi) is 11.5. The quantitative estimate of drug-likeness (QED) is 0.0911. The number of nitrogens with zero attached hydrogens (tertiary/aromatic N) is 2. The Morgan fingerprint density at radius 3 is 2.23 bits per heavy atom. The number of alkyl halides is 1. The molecule has 2 aliphatic heterocycles. The van der Waals surface area contributed by atoms with Crippen LogP contribution in [0.4, 0.5) is 17.1 Å². The first-order chi connectivity index (χ1) is 21.8. The number of nitrogens with one attached hydrogen (secondary N) is 1. The number of halogens is 1. The van der Waals surface area contributed by atoms with E-state index in [0.29, 0.717) is 22.6 Å². The molecule has 0 bridgehead atoms. The molecule has 3 aromatic carbocycles. The second-order valence-corrected chi connectivity index (χ2v) is 16.0. The van der Waals surface area contributed by atoms with Crippen LogP contribution in [0.2, 0.25) is 0 Å². The molecule has 2 aliphatic rings. The second-order valence-electron chi connectivity index (χ2n) is 12.5. The first-order valence-corrected chi connectivity index (χ1v) is 19.2. The van der Waals surface area contributed by atoms with Gasteiger partial charge in [-0.1, -0.05) is 60.7 Å². The summed E-state index contributed by atoms with van der Waals surface area (Å²) >= 11 is 2.03. The van der Waals surface area contributed by atoms with Crippen molar-refractivity contribution in [3.63, 3.8) is 0 Å². The van der Waals surface area contributed by atoms with Gasteiger partial charge in [0.15, 0.2) is 5.71 Å². The normalized spacial score (nSPS) is 17.8. The largest absolute Gasteiger partial charge is 1.00 e. The van der Waals surface area contributed by atoms with Gasteiger partial charge in [0.1, 0.15) is 27.3 Å². The van der Waals surface area contributed by atoms with Crippen LogP contribution in [0.3, 0.4) is 0 Å². The van der Waals surface area contributed by atoms with Gasteiger partial charge in [-0.25, -0.2) is 16.8 Å². The van der Waals surface area contributed by atoms with E-state index < -0.39 is 35.4 Å². The summed E-state index contributed by atoms with van der Waals surface area (Å²) in [6.07, 6.45) is 9.76. The number of allylic oxidation sites excluding steroid dienone is 6. The monoisotopic (exact) mass is 827 g/mol. The number of hydrogen-bond donors (Lipinski definition) is 1. The van der Waals surface area contributed by atoms with Crippen molar-refractivity contribution >= 4 is 82.3 Å². The van der Waals surface area contributed by atoms with Crippen LogP contribution in [-0.4, -0.2) is 60.2 Å². The fourth-order valence-electron chi connectivity index (χ4n) is 6.80. The molecule has 1 amide bonds. The van der Waals surface area contributed by atoms with E-state index in [2.05, 4.69) is 23.7 Å². The third kappa shape index (κ3) is 7.07. The van der Waals surface area contributed by atoms with Gasteiger partial charge in [-0.2, -0.15) is 4.58 Å². The zero-order chi connectivity index (χ0) is 34.7. The molecule has 3 aromatic rings. The number of carbonyl (C=O) groups excluding carboxylic acids is 1. The number of benzene rings is 3. The zero-order valence-electron chi connectivity index (χ0n) is 27.8. The minimum atomic E-state index is -5.09. The minimum absolute atomic E-state index is 0. The molecule has 0 aliphatic carbocycles. The van der Waals surface area contributed by atoms with Crippen molar-refractivity contribution in [3.05, 3.63) is 89.7 Å². The fourth-order valence-corrected chi connectivity index (χ4v) is 8.31. The first-order valence-electron chi connectivity index (χ1n) is 14.8. The molecular formula is C34H35IKN3O7S2. The molecule has 0 saturated carbocycles. The molecule has 0 fully saturated rings. The Bertz CT molecular complexity index is 2190. The number of anilines is 2. The SMILES string of the molecule is CCN1/C(=C/C=C/C=C/C2=[N+](C)c3ccc(NC(=O)CI)cc3C2(C)C)C(C)(C)c2c1ccc1c(S(=O)(=O)[O-])cc(S(=O)(=O)[O-])cc21.[K+]. The molecule has 48 heavy (non-hydrogen) atoms. The fraction of sp³-hybridized carbons (Fsp3) is 0.294. The third-order valence-electron chi connectivity index (χ3n) is 8.94. The number of rotatable bonds is 8. The molecule has 248 valence electrons. The average Bonchev–Trinajstić information content (AvgIpc) is 3.32. The van der Waals surface area contributed by atoms with Crippen LogP contribution in [-0.2, 0) is 35.9 Å². The van der Waals surface area contributed by atoms with Crippen LogP contribution >= 0.6 is 22.6 Å². The predicted molar refractivity (Wildman–Crippen MR) is 190 cm³/mol. The molecule has 2 heterocycles. The maximum absolute atomic E-state index is 12.2. The van der Waals surface area contributed by atoms with E-state index in [4.69, 9.17) is 0 Å². The van der Waals surface area contributed by atoms with Gasteiger partial charge < -0.3 is 19.3 Å². The average molecular weight is 828 g/mol. The van der Waals surface area contributed by atoms with Gasteiger partial charge in [0, 0.05) is 46.7 Å². The summed E-state index contributed by atoms with van der Waals surface area (Å²) in [7, 11) is -8.13. The standard InChI is InChI=1S/C34H36IN3O7S2.K/c1-7-38-27-16-14-23-24(18-22(46(40,41)42)19-28(23)47(43,44)45)32(27)34(4,5)30(38)12-10-8-9-11-29-33(2,3)25-17-21(36-31(39)20-35)13-15-26(25)37(29)6;/h8-19H,7,20H2,1-6H3,(H2-,36,39,40,41,42,43,44,45);/q;+1/p-1. The Morgan fingerprint density at radius 1 is 0.938 bits per heavy atom. The first kappa shape index (κ1) is 39.1. The molecule has 14 heteroatoms. The van der Waals surface area contributed by atoms with Gasteiger partial charge in [0.05, 0.1) is 19.6 Å². The summed E-state index contributed by atoms with van der Waals surface area (Å²) in [5.74, 6) is -0.0539. The summed E-state index contributed by atoms with van der Waals surface area (Å²) in [4.78, 5) is 12.5. The van der Waals surface area contributed by atoms with Crippen LogP contribution < -0.4 is 61.6 Å². The van der Waals surface area contributed by atoms with Crippen molar-refractivity contribution in [2.45, 2.75) is 55.2 Å². The van der Waals surface area contributed by atoms with E-state index in [1.807, 2.05) is 104 Å². The van der Waals surface area contributed by atoms with Crippen LogP contribution in [0.5, 0.6) is 0 Å². The van der Waals surface area contributed by atoms with E-state index in [-0.39, 0.29) is 73.5 Å². The summed E-state index contributed by atoms with van der Waals surface area (Å²) < 4.78 is 74.9. The minimum Gasteiger partial charge on any atom is -0.744 e. The molecule has 0 unspecified atom stereocenters. The maximum atomic E-state index is 12.2. The van der Waals surface area contributed by atoms with Crippen LogP contribution in [0.25, 0.3) is 10.8 Å². The van der Waals surface area contributed by atoms with Crippen molar-refractivity contribution in [2.75, 3.05) is 28.2 Å². The van der Waals surface area contributed by atoms with Gasteiger partial charge in [-0.05, 0) is 73.5 Å². The molecular weight excluding hydrogens is 793 g/mol. The van der Waals surface area contributed by atoms with Crippen LogP contribution in [0.1, 0.15) is 45.7 Å². The van der Waals surface area contributed by atoms with E-state index >= 15 is 0 Å². The summed E-state index contributed by atoms with van der Waals surface area (Å²) in [6, 6.07) is 10.9. The molecule has 0 spiro atoms. The van der Waals surface area contributed by atoms with Gasteiger partial charge in [0.2, 0.25) is 11.6 Å². The molecule has 10 nitrogen and oxygen atoms in total. The Morgan fingerprint density at radius 2 is 1.62 bits per heavy atom. The number of amides is 1. The van der Waals surface area contributed by atoms with E-state index in [9.17, 15) is 30.7 Å². The summed E-state index contributed by atoms with van der Waals surface area (Å²) in [5.41, 5.74) is 5.15. The third-order valence-corrected chi connectivity index (χ3v) is 11.3. The second kappa shape index (κ2) is 14.1. The van der Waals surface area contributed by atoms with Crippen molar-refractivity contribution < 1.29 is 86.7 Å². The molecule has 0 atom stereocenters. The Labute approximate surface area is 338 Å². The summed E-state index contributed by atoms with van der Waals surface area (Å²) in [6.45, 7) is 10.7. The molecule has 1 N–H and O–H groups in total. The number of fused-ring (bicyclic) bond motifs is 4. The van der Waals surface area contributed by atoms with E-state index in [0.717, 1.165) is 40.1 Å². The van der Waals surface area contributed by atoms with Gasteiger partial charge >= 0.3 is 51.4 Å². The van der Waals surface area contributed by atoms with Gasteiger partial charge in [-0.15, -0.1) is 0 Å². The van der Waals surface area contributed by atoms with E-state index in [1.165, 1.54) is 6.07 Å². The Hall–Kier alpha value is -1.73. The number of hydrogen-bond acceptors (Lipinski definition) is 8. The molecule has 5 rings (SSSR count). The van der Waals surface area contributed by atoms with E-state index in [1.54, 1.807) is 6.07 Å². The van der Waals surface area contributed by atoms with Crippen molar-refractivity contribution in [3.8, 4) is 0 Å².